The molecule has 0 aliphatic heterocycles. The molecule has 3 nitrogen and oxygen atoms in total. The fourth-order valence-corrected chi connectivity index (χ4v) is 3.36. The van der Waals surface area contributed by atoms with Gasteiger partial charge in [0, 0.05) is 15.0 Å². The number of aromatic nitrogens is 1. The topological polar surface area (TPSA) is 31.2 Å². The number of ether oxygens (including phenoxy) is 1. The van der Waals surface area contributed by atoms with Gasteiger partial charge >= 0.3 is 5.97 Å². The van der Waals surface area contributed by atoms with Crippen LogP contribution in [0.1, 0.15) is 23.0 Å². The van der Waals surface area contributed by atoms with E-state index in [-0.39, 0.29) is 5.97 Å². The molecular weight excluding hydrogens is 413 g/mol. The summed E-state index contributed by atoms with van der Waals surface area (Å²) in [4.78, 5) is 12.5. The molecule has 0 aliphatic carbocycles. The second kappa shape index (κ2) is 7.21. The molecule has 4 heteroatoms. The lowest BCUT2D eigenvalue weighted by molar-refractivity contribution is 0.0527. The summed E-state index contributed by atoms with van der Waals surface area (Å²) in [6, 6.07) is 20.1. The molecule has 0 radical (unpaired) electrons. The van der Waals surface area contributed by atoms with Gasteiger partial charge in [-0.25, -0.2) is 4.79 Å². The van der Waals surface area contributed by atoms with Gasteiger partial charge in [-0.2, -0.15) is 0 Å². The lowest BCUT2D eigenvalue weighted by Crippen LogP contribution is -2.07. The third-order valence-electron chi connectivity index (χ3n) is 3.79. The summed E-state index contributed by atoms with van der Waals surface area (Å²) in [5.41, 5.74) is 4.49. The molecule has 0 unspecified atom stereocenters. The van der Waals surface area contributed by atoms with Crippen molar-refractivity contribution >= 4 is 28.6 Å². The number of hydrogen-bond donors (Lipinski definition) is 0. The SMILES string of the molecule is CCOC(=O)c1cc(C)n(-c2cccc(I)c2)c1-c1ccccc1. The molecule has 122 valence electrons. The highest BCUT2D eigenvalue weighted by Crippen LogP contribution is 2.31. The highest BCUT2D eigenvalue weighted by atomic mass is 127. The number of aryl methyl sites for hydroxylation is 1. The summed E-state index contributed by atoms with van der Waals surface area (Å²) < 4.78 is 8.53. The second-order valence-electron chi connectivity index (χ2n) is 5.45. The number of rotatable bonds is 4. The van der Waals surface area contributed by atoms with E-state index in [1.54, 1.807) is 0 Å². The Morgan fingerprint density at radius 2 is 1.83 bits per heavy atom. The zero-order chi connectivity index (χ0) is 17.1. The van der Waals surface area contributed by atoms with E-state index in [0.29, 0.717) is 12.2 Å². The van der Waals surface area contributed by atoms with Gasteiger partial charge in [-0.3, -0.25) is 0 Å². The molecule has 0 spiro atoms. The summed E-state index contributed by atoms with van der Waals surface area (Å²) in [6.45, 7) is 4.19. The standard InChI is InChI=1S/C20H18INO2/c1-3-24-20(23)18-12-14(2)22(17-11-7-10-16(21)13-17)19(18)15-8-5-4-6-9-15/h4-13H,3H2,1-2H3. The van der Waals surface area contributed by atoms with Crippen LogP contribution in [0.25, 0.3) is 16.9 Å². The maximum Gasteiger partial charge on any atom is 0.340 e. The first-order valence-corrected chi connectivity index (χ1v) is 8.90. The Hall–Kier alpha value is -2.08. The number of benzene rings is 2. The molecule has 1 heterocycles. The molecule has 0 N–H and O–H groups in total. The van der Waals surface area contributed by atoms with Crippen molar-refractivity contribution in [2.75, 3.05) is 6.61 Å². The largest absolute Gasteiger partial charge is 0.462 e. The highest BCUT2D eigenvalue weighted by Gasteiger charge is 2.21. The molecule has 2 aromatic carbocycles. The van der Waals surface area contributed by atoms with Crippen molar-refractivity contribution in [1.29, 1.82) is 0 Å². The smallest absolute Gasteiger partial charge is 0.340 e. The van der Waals surface area contributed by atoms with E-state index in [1.807, 2.05) is 56.3 Å². The minimum Gasteiger partial charge on any atom is -0.462 e. The number of halogens is 1. The van der Waals surface area contributed by atoms with Gasteiger partial charge in [0.2, 0.25) is 0 Å². The third kappa shape index (κ3) is 3.24. The zero-order valence-corrected chi connectivity index (χ0v) is 15.8. The second-order valence-corrected chi connectivity index (χ2v) is 6.70. The van der Waals surface area contributed by atoms with Crippen LogP contribution in [0, 0.1) is 10.5 Å². The fraction of sp³-hybridized carbons (Fsp3) is 0.150. The van der Waals surface area contributed by atoms with Gasteiger partial charge in [0.1, 0.15) is 0 Å². The average Bonchev–Trinajstić information content (AvgIpc) is 2.93. The Labute approximate surface area is 155 Å². The first-order chi connectivity index (χ1) is 11.6. The van der Waals surface area contributed by atoms with E-state index in [4.69, 9.17) is 4.74 Å². The van der Waals surface area contributed by atoms with Gasteiger partial charge < -0.3 is 9.30 Å². The van der Waals surface area contributed by atoms with Gasteiger partial charge in [-0.1, -0.05) is 36.4 Å². The lowest BCUT2D eigenvalue weighted by atomic mass is 10.1. The van der Waals surface area contributed by atoms with E-state index in [0.717, 1.165) is 26.2 Å². The molecule has 24 heavy (non-hydrogen) atoms. The maximum absolute atomic E-state index is 12.5. The maximum atomic E-state index is 12.5. The van der Waals surface area contributed by atoms with Crippen LogP contribution in [0.15, 0.2) is 60.7 Å². The van der Waals surface area contributed by atoms with Crippen molar-refractivity contribution in [3.05, 3.63) is 75.5 Å². The van der Waals surface area contributed by atoms with Crippen LogP contribution in [0.3, 0.4) is 0 Å². The minimum absolute atomic E-state index is 0.288. The van der Waals surface area contributed by atoms with Gasteiger partial charge in [0.15, 0.2) is 0 Å². The van der Waals surface area contributed by atoms with Gasteiger partial charge in [-0.05, 0) is 66.3 Å². The summed E-state index contributed by atoms with van der Waals surface area (Å²) >= 11 is 2.30. The number of carbonyl (C=O) groups is 1. The molecule has 0 bridgehead atoms. The molecular formula is C20H18INO2. The number of nitrogens with zero attached hydrogens (tertiary/aromatic N) is 1. The fourth-order valence-electron chi connectivity index (χ4n) is 2.83. The van der Waals surface area contributed by atoms with Crippen LogP contribution in [-0.4, -0.2) is 17.1 Å². The molecule has 0 aliphatic rings. The Morgan fingerprint density at radius 3 is 2.50 bits per heavy atom. The molecule has 0 fully saturated rings. The Morgan fingerprint density at radius 1 is 1.08 bits per heavy atom. The Balaban J connectivity index is 2.27. The van der Waals surface area contributed by atoms with Crippen molar-refractivity contribution in [3.8, 4) is 16.9 Å². The van der Waals surface area contributed by atoms with Crippen molar-refractivity contribution in [3.63, 3.8) is 0 Å². The molecule has 0 saturated carbocycles. The molecule has 0 atom stereocenters. The number of carbonyl (C=O) groups excluding carboxylic acids is 1. The van der Waals surface area contributed by atoms with Gasteiger partial charge in [0.05, 0.1) is 17.9 Å². The lowest BCUT2D eigenvalue weighted by Gasteiger charge is -2.14. The molecule has 0 amide bonds. The average molecular weight is 431 g/mol. The van der Waals surface area contributed by atoms with Gasteiger partial charge in [-0.15, -0.1) is 0 Å². The Kier molecular flexibility index (Phi) is 5.04. The van der Waals surface area contributed by atoms with E-state index in [9.17, 15) is 4.79 Å². The van der Waals surface area contributed by atoms with Crippen molar-refractivity contribution in [2.45, 2.75) is 13.8 Å². The summed E-state index contributed by atoms with van der Waals surface area (Å²) in [5, 5.41) is 0. The zero-order valence-electron chi connectivity index (χ0n) is 13.6. The van der Waals surface area contributed by atoms with Crippen molar-refractivity contribution in [2.24, 2.45) is 0 Å². The van der Waals surface area contributed by atoms with Crippen LogP contribution >= 0.6 is 22.6 Å². The molecule has 3 rings (SSSR count). The van der Waals surface area contributed by atoms with Crippen LogP contribution in [0.4, 0.5) is 0 Å². The normalized spacial score (nSPS) is 10.6. The van der Waals surface area contributed by atoms with E-state index in [2.05, 4.69) is 45.4 Å². The summed E-state index contributed by atoms with van der Waals surface area (Å²) in [6.07, 6.45) is 0. The van der Waals surface area contributed by atoms with Crippen LogP contribution in [0.2, 0.25) is 0 Å². The van der Waals surface area contributed by atoms with E-state index < -0.39 is 0 Å². The predicted molar refractivity (Wildman–Crippen MR) is 105 cm³/mol. The van der Waals surface area contributed by atoms with Crippen LogP contribution in [0.5, 0.6) is 0 Å². The first-order valence-electron chi connectivity index (χ1n) is 7.82. The monoisotopic (exact) mass is 431 g/mol. The molecule has 1 aromatic heterocycles. The van der Waals surface area contributed by atoms with Gasteiger partial charge in [0.25, 0.3) is 0 Å². The summed E-state index contributed by atoms with van der Waals surface area (Å²) in [7, 11) is 0. The highest BCUT2D eigenvalue weighted by molar-refractivity contribution is 14.1. The number of esters is 1. The first kappa shape index (κ1) is 16.8. The quantitative estimate of drug-likeness (QED) is 0.418. The van der Waals surface area contributed by atoms with Crippen LogP contribution in [-0.2, 0) is 4.74 Å². The van der Waals surface area contributed by atoms with E-state index in [1.165, 1.54) is 0 Å². The minimum atomic E-state index is -0.288. The Bertz CT molecular complexity index is 869. The van der Waals surface area contributed by atoms with Crippen molar-refractivity contribution < 1.29 is 9.53 Å². The van der Waals surface area contributed by atoms with E-state index >= 15 is 0 Å². The summed E-state index contributed by atoms with van der Waals surface area (Å²) in [5.74, 6) is -0.288. The van der Waals surface area contributed by atoms with Crippen LogP contribution < -0.4 is 0 Å². The molecule has 3 aromatic rings. The number of hydrogen-bond acceptors (Lipinski definition) is 2. The molecule has 0 saturated heterocycles. The predicted octanol–water partition coefficient (Wildman–Crippen LogP) is 5.23. The third-order valence-corrected chi connectivity index (χ3v) is 4.46. The van der Waals surface area contributed by atoms with Crippen molar-refractivity contribution in [1.82, 2.24) is 4.57 Å².